The van der Waals surface area contributed by atoms with E-state index in [1.54, 1.807) is 12.1 Å². The van der Waals surface area contributed by atoms with Crippen LogP contribution < -0.4 is 5.73 Å². The number of benzene rings is 1. The molecule has 102 valence electrons. The van der Waals surface area contributed by atoms with Crippen LogP contribution >= 0.6 is 11.6 Å². The maximum atomic E-state index is 14.1. The van der Waals surface area contributed by atoms with Crippen molar-refractivity contribution in [3.8, 4) is 11.1 Å². The lowest BCUT2D eigenvalue weighted by Gasteiger charge is -2.08. The number of anilines is 1. The highest BCUT2D eigenvalue weighted by Gasteiger charge is 2.18. The van der Waals surface area contributed by atoms with Gasteiger partial charge in [-0.05, 0) is 24.8 Å². The van der Waals surface area contributed by atoms with Crippen molar-refractivity contribution < 1.29 is 4.39 Å². The zero-order chi connectivity index (χ0) is 14.0. The fraction of sp³-hybridized carbons (Fsp3) is 0.357. The summed E-state index contributed by atoms with van der Waals surface area (Å²) in [6, 6.07) is 4.89. The van der Waals surface area contributed by atoms with Gasteiger partial charge in [0.15, 0.2) is 5.82 Å². The molecule has 0 saturated carbocycles. The molecule has 5 heteroatoms. The van der Waals surface area contributed by atoms with E-state index in [-0.39, 0.29) is 5.02 Å². The molecule has 0 aliphatic heterocycles. The first kappa shape index (κ1) is 13.9. The van der Waals surface area contributed by atoms with Gasteiger partial charge in [0.2, 0.25) is 0 Å². The Hall–Kier alpha value is -1.55. The lowest BCUT2D eigenvalue weighted by Crippen LogP contribution is -1.97. The number of nitrogen functional groups attached to an aromatic ring is 1. The predicted octanol–water partition coefficient (Wildman–Crippen LogP) is 4.04. The van der Waals surface area contributed by atoms with Gasteiger partial charge in [0, 0.05) is 16.8 Å². The van der Waals surface area contributed by atoms with Gasteiger partial charge >= 0.3 is 0 Å². The van der Waals surface area contributed by atoms with E-state index >= 15 is 0 Å². The van der Waals surface area contributed by atoms with Crippen LogP contribution in [0, 0.1) is 11.7 Å². The number of hydrogen-bond acceptors (Lipinski definition) is 2. The smallest absolute Gasteiger partial charge is 0.153 e. The van der Waals surface area contributed by atoms with E-state index in [2.05, 4.69) is 24.0 Å². The third-order valence-electron chi connectivity index (χ3n) is 3.06. The van der Waals surface area contributed by atoms with Crippen LogP contribution in [0.15, 0.2) is 18.2 Å². The number of aromatic nitrogens is 2. The Bertz CT molecular complexity index is 578. The molecule has 19 heavy (non-hydrogen) atoms. The second-order valence-corrected chi connectivity index (χ2v) is 5.40. The number of H-pyrrole nitrogens is 1. The van der Waals surface area contributed by atoms with Crippen LogP contribution in [-0.4, -0.2) is 10.2 Å². The molecular weight excluding hydrogens is 265 g/mol. The Morgan fingerprint density at radius 2 is 2.16 bits per heavy atom. The number of hydrogen-bond donors (Lipinski definition) is 2. The Labute approximate surface area is 117 Å². The average Bonchev–Trinajstić information content (AvgIpc) is 2.72. The third-order valence-corrected chi connectivity index (χ3v) is 3.35. The normalized spacial score (nSPS) is 11.2. The Kier molecular flexibility index (Phi) is 4.10. The van der Waals surface area contributed by atoms with Crippen molar-refractivity contribution in [3.63, 3.8) is 0 Å². The van der Waals surface area contributed by atoms with Crippen molar-refractivity contribution in [3.05, 3.63) is 34.7 Å². The number of aryl methyl sites for hydroxylation is 1. The van der Waals surface area contributed by atoms with Crippen LogP contribution in [-0.2, 0) is 6.42 Å². The largest absolute Gasteiger partial charge is 0.382 e. The van der Waals surface area contributed by atoms with E-state index in [0.29, 0.717) is 22.9 Å². The first-order valence-electron chi connectivity index (χ1n) is 6.27. The zero-order valence-corrected chi connectivity index (χ0v) is 11.8. The summed E-state index contributed by atoms with van der Waals surface area (Å²) in [6.07, 6.45) is 1.76. The monoisotopic (exact) mass is 281 g/mol. The molecule has 0 bridgehead atoms. The lowest BCUT2D eigenvalue weighted by atomic mass is 9.99. The van der Waals surface area contributed by atoms with E-state index in [1.807, 2.05) is 0 Å². The molecule has 1 heterocycles. The summed E-state index contributed by atoms with van der Waals surface area (Å²) in [4.78, 5) is 0. The minimum Gasteiger partial charge on any atom is -0.382 e. The van der Waals surface area contributed by atoms with Crippen molar-refractivity contribution >= 4 is 17.4 Å². The maximum absolute atomic E-state index is 14.1. The molecule has 0 spiro atoms. The molecule has 2 rings (SSSR count). The van der Waals surface area contributed by atoms with Crippen LogP contribution in [0.1, 0.15) is 26.0 Å². The predicted molar refractivity (Wildman–Crippen MR) is 76.6 cm³/mol. The highest BCUT2D eigenvalue weighted by atomic mass is 35.5. The van der Waals surface area contributed by atoms with Gasteiger partial charge in [-0.25, -0.2) is 4.39 Å². The number of nitrogens with one attached hydrogen (secondary N) is 1. The standard InChI is InChI=1S/C14H17ClFN3/c1-8(2)6-7-11-12(14(17)19-18-11)9-4-3-5-10(15)13(9)16/h3-5,8H,6-7H2,1-2H3,(H3,17,18,19). The lowest BCUT2D eigenvalue weighted by molar-refractivity contribution is 0.581. The quantitative estimate of drug-likeness (QED) is 0.888. The minimum absolute atomic E-state index is 0.0907. The van der Waals surface area contributed by atoms with Gasteiger partial charge in [-0.2, -0.15) is 5.10 Å². The molecule has 0 saturated heterocycles. The number of nitrogens with two attached hydrogens (primary N) is 1. The number of halogens is 2. The molecule has 0 fully saturated rings. The van der Waals surface area contributed by atoms with Gasteiger partial charge < -0.3 is 5.73 Å². The van der Waals surface area contributed by atoms with E-state index < -0.39 is 5.82 Å². The molecule has 0 amide bonds. The summed E-state index contributed by atoms with van der Waals surface area (Å²) in [5.74, 6) is 0.407. The highest BCUT2D eigenvalue weighted by molar-refractivity contribution is 6.31. The molecule has 3 nitrogen and oxygen atoms in total. The highest BCUT2D eigenvalue weighted by Crippen LogP contribution is 2.33. The maximum Gasteiger partial charge on any atom is 0.153 e. The average molecular weight is 282 g/mol. The van der Waals surface area contributed by atoms with E-state index in [1.165, 1.54) is 6.07 Å². The van der Waals surface area contributed by atoms with Gasteiger partial charge in [-0.15, -0.1) is 0 Å². The third kappa shape index (κ3) is 2.89. The summed E-state index contributed by atoms with van der Waals surface area (Å²) in [5, 5.41) is 6.97. The van der Waals surface area contributed by atoms with Crippen molar-refractivity contribution in [1.82, 2.24) is 10.2 Å². The van der Waals surface area contributed by atoms with Crippen LogP contribution in [0.3, 0.4) is 0 Å². The number of nitrogens with zero attached hydrogens (tertiary/aromatic N) is 1. The Morgan fingerprint density at radius 3 is 2.84 bits per heavy atom. The summed E-state index contributed by atoms with van der Waals surface area (Å²) >= 11 is 5.82. The summed E-state index contributed by atoms with van der Waals surface area (Å²) in [5.41, 5.74) is 7.73. The topological polar surface area (TPSA) is 54.7 Å². The molecule has 0 aliphatic carbocycles. The Balaban J connectivity index is 2.43. The van der Waals surface area contributed by atoms with Crippen molar-refractivity contribution in [2.45, 2.75) is 26.7 Å². The van der Waals surface area contributed by atoms with Crippen LogP contribution in [0.5, 0.6) is 0 Å². The SMILES string of the molecule is CC(C)CCc1[nH]nc(N)c1-c1cccc(Cl)c1F. The molecular formula is C14H17ClFN3. The molecule has 2 aromatic rings. The van der Waals surface area contributed by atoms with Gasteiger partial charge in [-0.3, -0.25) is 5.10 Å². The van der Waals surface area contributed by atoms with Crippen molar-refractivity contribution in [2.75, 3.05) is 5.73 Å². The van der Waals surface area contributed by atoms with E-state index in [0.717, 1.165) is 18.5 Å². The van der Waals surface area contributed by atoms with Gasteiger partial charge in [-0.1, -0.05) is 37.6 Å². The fourth-order valence-electron chi connectivity index (χ4n) is 2.01. The first-order chi connectivity index (χ1) is 9.00. The number of rotatable bonds is 4. The molecule has 0 unspecified atom stereocenters. The summed E-state index contributed by atoms with van der Waals surface area (Å²) < 4.78 is 14.1. The van der Waals surface area contributed by atoms with Crippen molar-refractivity contribution in [1.29, 1.82) is 0 Å². The second kappa shape index (κ2) is 5.61. The number of aromatic amines is 1. The van der Waals surface area contributed by atoms with Gasteiger partial charge in [0.1, 0.15) is 5.82 Å². The van der Waals surface area contributed by atoms with Crippen LogP contribution in [0.4, 0.5) is 10.2 Å². The molecule has 0 radical (unpaired) electrons. The minimum atomic E-state index is -0.455. The Morgan fingerprint density at radius 1 is 1.42 bits per heavy atom. The molecule has 3 N–H and O–H groups in total. The molecule has 1 aromatic carbocycles. The van der Waals surface area contributed by atoms with E-state index in [4.69, 9.17) is 17.3 Å². The second-order valence-electron chi connectivity index (χ2n) is 5.00. The van der Waals surface area contributed by atoms with Crippen LogP contribution in [0.25, 0.3) is 11.1 Å². The first-order valence-corrected chi connectivity index (χ1v) is 6.65. The van der Waals surface area contributed by atoms with Gasteiger partial charge in [0.05, 0.1) is 5.02 Å². The van der Waals surface area contributed by atoms with E-state index in [9.17, 15) is 4.39 Å². The zero-order valence-electron chi connectivity index (χ0n) is 11.0. The van der Waals surface area contributed by atoms with Crippen molar-refractivity contribution in [2.24, 2.45) is 5.92 Å². The fourth-order valence-corrected chi connectivity index (χ4v) is 2.18. The molecule has 0 aliphatic rings. The van der Waals surface area contributed by atoms with Crippen LogP contribution in [0.2, 0.25) is 5.02 Å². The van der Waals surface area contributed by atoms with Gasteiger partial charge in [0.25, 0.3) is 0 Å². The summed E-state index contributed by atoms with van der Waals surface area (Å²) in [7, 11) is 0. The molecule has 0 atom stereocenters. The summed E-state index contributed by atoms with van der Waals surface area (Å²) in [6.45, 7) is 4.28. The molecule has 1 aromatic heterocycles.